The first-order chi connectivity index (χ1) is 13.7. The minimum absolute atomic E-state index is 0.0694. The number of urea groups is 1. The highest BCUT2D eigenvalue weighted by Gasteiger charge is 2.14. The van der Waals surface area contributed by atoms with Crippen molar-refractivity contribution < 1.29 is 13.9 Å². The third kappa shape index (κ3) is 4.14. The summed E-state index contributed by atoms with van der Waals surface area (Å²) in [6.45, 7) is 0.377. The van der Waals surface area contributed by atoms with Gasteiger partial charge in [-0.15, -0.1) is 5.10 Å². The summed E-state index contributed by atoms with van der Waals surface area (Å²) in [5.74, 6) is 1.17. The third-order valence-corrected chi connectivity index (χ3v) is 4.85. The SMILES string of the molecule is COc1ccc(CNC(=O)Nc2nnc(-c3ccc4c(c3)CCCC4)o2)cc1. The van der Waals surface area contributed by atoms with E-state index in [0.29, 0.717) is 12.4 Å². The minimum Gasteiger partial charge on any atom is -0.497 e. The van der Waals surface area contributed by atoms with Gasteiger partial charge in [-0.2, -0.15) is 0 Å². The summed E-state index contributed by atoms with van der Waals surface area (Å²) in [5.41, 5.74) is 4.57. The van der Waals surface area contributed by atoms with Gasteiger partial charge in [0.05, 0.1) is 7.11 Å². The van der Waals surface area contributed by atoms with Gasteiger partial charge in [0.2, 0.25) is 5.89 Å². The molecule has 7 nitrogen and oxygen atoms in total. The van der Waals surface area contributed by atoms with Gasteiger partial charge in [0.1, 0.15) is 5.75 Å². The molecule has 7 heteroatoms. The second-order valence-corrected chi connectivity index (χ2v) is 6.76. The van der Waals surface area contributed by atoms with Crippen LogP contribution in [0.1, 0.15) is 29.5 Å². The summed E-state index contributed by atoms with van der Waals surface area (Å²) >= 11 is 0. The number of aryl methyl sites for hydroxylation is 2. The Kier molecular flexibility index (Phi) is 5.23. The molecule has 1 aliphatic carbocycles. The van der Waals surface area contributed by atoms with Crippen molar-refractivity contribution in [3.05, 3.63) is 59.2 Å². The molecule has 0 fully saturated rings. The molecular formula is C21H22N4O3. The van der Waals surface area contributed by atoms with Gasteiger partial charge in [-0.1, -0.05) is 23.3 Å². The van der Waals surface area contributed by atoms with Crippen LogP contribution in [0, 0.1) is 0 Å². The Hall–Kier alpha value is -3.35. The van der Waals surface area contributed by atoms with Crippen molar-refractivity contribution in [3.8, 4) is 17.2 Å². The lowest BCUT2D eigenvalue weighted by Crippen LogP contribution is -2.28. The van der Waals surface area contributed by atoms with E-state index in [0.717, 1.165) is 29.7 Å². The van der Waals surface area contributed by atoms with Crippen LogP contribution >= 0.6 is 0 Å². The Morgan fingerprint density at radius 3 is 2.64 bits per heavy atom. The molecule has 0 spiro atoms. The molecule has 1 heterocycles. The molecule has 4 rings (SSSR count). The molecule has 1 aliphatic rings. The fourth-order valence-corrected chi connectivity index (χ4v) is 3.32. The maximum atomic E-state index is 12.1. The predicted octanol–water partition coefficient (Wildman–Crippen LogP) is 3.95. The number of fused-ring (bicyclic) bond motifs is 1. The Morgan fingerprint density at radius 1 is 1.07 bits per heavy atom. The molecule has 0 radical (unpaired) electrons. The normalized spacial score (nSPS) is 12.9. The lowest BCUT2D eigenvalue weighted by molar-refractivity contribution is 0.251. The number of rotatable bonds is 5. The van der Waals surface area contributed by atoms with Gasteiger partial charge in [-0.25, -0.2) is 4.79 Å². The van der Waals surface area contributed by atoms with E-state index in [2.05, 4.69) is 33.0 Å². The zero-order chi connectivity index (χ0) is 19.3. The lowest BCUT2D eigenvalue weighted by Gasteiger charge is -2.15. The smallest absolute Gasteiger partial charge is 0.324 e. The van der Waals surface area contributed by atoms with Crippen molar-refractivity contribution in [2.24, 2.45) is 0 Å². The number of hydrogen-bond acceptors (Lipinski definition) is 5. The number of nitrogens with zero attached hydrogens (tertiary/aromatic N) is 2. The van der Waals surface area contributed by atoms with Gasteiger partial charge in [-0.05, 0) is 66.6 Å². The Balaban J connectivity index is 1.35. The molecule has 0 atom stereocenters. The molecule has 2 aromatic carbocycles. The summed E-state index contributed by atoms with van der Waals surface area (Å²) in [6.07, 6.45) is 4.66. The Labute approximate surface area is 163 Å². The summed E-state index contributed by atoms with van der Waals surface area (Å²) in [4.78, 5) is 12.1. The van der Waals surface area contributed by atoms with E-state index in [4.69, 9.17) is 9.15 Å². The largest absolute Gasteiger partial charge is 0.497 e. The number of carbonyl (C=O) groups is 1. The minimum atomic E-state index is -0.406. The Bertz CT molecular complexity index is 966. The van der Waals surface area contributed by atoms with Crippen molar-refractivity contribution in [3.63, 3.8) is 0 Å². The van der Waals surface area contributed by atoms with Gasteiger partial charge >= 0.3 is 12.0 Å². The van der Waals surface area contributed by atoms with E-state index in [1.165, 1.54) is 24.0 Å². The molecular weight excluding hydrogens is 356 g/mol. The van der Waals surface area contributed by atoms with Gasteiger partial charge in [0.25, 0.3) is 0 Å². The molecule has 0 saturated carbocycles. The fourth-order valence-electron chi connectivity index (χ4n) is 3.32. The summed E-state index contributed by atoms with van der Waals surface area (Å²) in [6, 6.07) is 13.4. The number of hydrogen-bond donors (Lipinski definition) is 2. The number of aromatic nitrogens is 2. The monoisotopic (exact) mass is 378 g/mol. The van der Waals surface area contributed by atoms with E-state index in [1.54, 1.807) is 7.11 Å². The van der Waals surface area contributed by atoms with E-state index in [9.17, 15) is 4.79 Å². The highest BCUT2D eigenvalue weighted by atomic mass is 16.5. The van der Waals surface area contributed by atoms with Gasteiger partial charge < -0.3 is 14.5 Å². The molecule has 1 aromatic heterocycles. The van der Waals surface area contributed by atoms with E-state index >= 15 is 0 Å². The summed E-state index contributed by atoms with van der Waals surface area (Å²) in [5, 5.41) is 13.3. The maximum absolute atomic E-state index is 12.1. The van der Waals surface area contributed by atoms with Crippen LogP contribution in [0.15, 0.2) is 46.9 Å². The first kappa shape index (κ1) is 18.0. The van der Waals surface area contributed by atoms with Crippen LogP contribution in [0.2, 0.25) is 0 Å². The maximum Gasteiger partial charge on any atom is 0.324 e. The van der Waals surface area contributed by atoms with E-state index in [-0.39, 0.29) is 6.01 Å². The predicted molar refractivity (Wildman–Crippen MR) is 105 cm³/mol. The van der Waals surface area contributed by atoms with Crippen LogP contribution in [0.25, 0.3) is 11.5 Å². The summed E-state index contributed by atoms with van der Waals surface area (Å²) in [7, 11) is 1.61. The number of benzene rings is 2. The van der Waals surface area contributed by atoms with E-state index in [1.807, 2.05) is 30.3 Å². The van der Waals surface area contributed by atoms with Crippen LogP contribution in [0.4, 0.5) is 10.8 Å². The van der Waals surface area contributed by atoms with E-state index < -0.39 is 6.03 Å². The average molecular weight is 378 g/mol. The summed E-state index contributed by atoms with van der Waals surface area (Å²) < 4.78 is 10.7. The van der Waals surface area contributed by atoms with Crippen molar-refractivity contribution in [1.29, 1.82) is 0 Å². The molecule has 144 valence electrons. The van der Waals surface area contributed by atoms with Crippen LogP contribution in [-0.2, 0) is 19.4 Å². The first-order valence-corrected chi connectivity index (χ1v) is 9.35. The topological polar surface area (TPSA) is 89.3 Å². The first-order valence-electron chi connectivity index (χ1n) is 9.35. The highest BCUT2D eigenvalue weighted by Crippen LogP contribution is 2.27. The molecule has 3 aromatic rings. The van der Waals surface area contributed by atoms with Crippen LogP contribution in [0.5, 0.6) is 5.75 Å². The molecule has 0 aliphatic heterocycles. The standard InChI is InChI=1S/C21H22N4O3/c1-27-18-10-6-14(7-11-18)13-22-20(26)23-21-25-24-19(28-21)17-9-8-15-4-2-3-5-16(15)12-17/h6-12H,2-5,13H2,1H3,(H2,22,23,25,26). The van der Waals surface area contributed by atoms with Crippen LogP contribution in [0.3, 0.4) is 0 Å². The number of nitrogens with one attached hydrogen (secondary N) is 2. The molecule has 2 N–H and O–H groups in total. The fraction of sp³-hybridized carbons (Fsp3) is 0.286. The number of anilines is 1. The zero-order valence-electron chi connectivity index (χ0n) is 15.7. The quantitative estimate of drug-likeness (QED) is 0.702. The molecule has 0 saturated heterocycles. The van der Waals surface area contributed by atoms with Crippen molar-refractivity contribution in [1.82, 2.24) is 15.5 Å². The van der Waals surface area contributed by atoms with Crippen LogP contribution in [-0.4, -0.2) is 23.3 Å². The zero-order valence-corrected chi connectivity index (χ0v) is 15.7. The molecule has 0 unspecified atom stereocenters. The van der Waals surface area contributed by atoms with Crippen molar-refractivity contribution in [2.45, 2.75) is 32.2 Å². The van der Waals surface area contributed by atoms with Gasteiger partial charge in [0, 0.05) is 12.1 Å². The average Bonchev–Trinajstić information content (AvgIpc) is 3.20. The van der Waals surface area contributed by atoms with Crippen molar-refractivity contribution in [2.75, 3.05) is 12.4 Å². The number of amides is 2. The Morgan fingerprint density at radius 2 is 1.86 bits per heavy atom. The molecule has 28 heavy (non-hydrogen) atoms. The van der Waals surface area contributed by atoms with Crippen molar-refractivity contribution >= 4 is 12.0 Å². The number of methoxy groups -OCH3 is 1. The lowest BCUT2D eigenvalue weighted by atomic mass is 9.90. The number of carbonyl (C=O) groups excluding carboxylic acids is 1. The second kappa shape index (κ2) is 8.12. The third-order valence-electron chi connectivity index (χ3n) is 4.85. The molecule has 0 bridgehead atoms. The molecule has 2 amide bonds. The van der Waals surface area contributed by atoms with Crippen LogP contribution < -0.4 is 15.4 Å². The second-order valence-electron chi connectivity index (χ2n) is 6.76. The van der Waals surface area contributed by atoms with Gasteiger partial charge in [-0.3, -0.25) is 5.32 Å². The van der Waals surface area contributed by atoms with Gasteiger partial charge in [0.15, 0.2) is 0 Å². The number of ether oxygens (including phenoxy) is 1. The highest BCUT2D eigenvalue weighted by molar-refractivity contribution is 5.86.